The molecule has 0 aromatic heterocycles. The molecule has 0 aliphatic rings. The molecule has 0 radical (unpaired) electrons. The summed E-state index contributed by atoms with van der Waals surface area (Å²) in [5, 5.41) is 13.3. The smallest absolute Gasteiger partial charge is 0.220 e. The number of amides is 1. The molecule has 2 N–H and O–H groups in total. The maximum absolute atomic E-state index is 12.5. The Morgan fingerprint density at radius 1 is 0.630 bits per heavy atom. The number of nitrogens with one attached hydrogen (secondary N) is 1. The minimum atomic E-state index is -5.21. The molecule has 0 saturated carbocycles. The van der Waals surface area contributed by atoms with E-state index in [9.17, 15) is 24.3 Å². The molecule has 0 saturated heterocycles. The van der Waals surface area contributed by atoms with Gasteiger partial charge in [0.1, 0.15) is 0 Å². The van der Waals surface area contributed by atoms with Gasteiger partial charge in [-0.25, -0.2) is 0 Å². The molecule has 0 aliphatic carbocycles. The molecule has 7 nitrogen and oxygen atoms in total. The first kappa shape index (κ1) is 45.3. The lowest BCUT2D eigenvalue weighted by Gasteiger charge is -2.32. The van der Waals surface area contributed by atoms with Crippen LogP contribution in [0.25, 0.3) is 0 Å². The topological polar surface area (TPSA) is 122 Å². The van der Waals surface area contributed by atoms with E-state index >= 15 is 0 Å². The Kier molecular flexibility index (Phi) is 33.6. The van der Waals surface area contributed by atoms with Crippen molar-refractivity contribution < 1.29 is 28.8 Å². The SMILES string of the molecule is CCCCCCCCCCCCC/C=C/[C@@H](O)[C@H](COP(=O)([O-])[O-])NC(=O)CCCCCCCCCCCCCCCCCCC. The maximum Gasteiger partial charge on any atom is 0.220 e. The van der Waals surface area contributed by atoms with Gasteiger partial charge in [-0.3, -0.25) is 4.79 Å². The number of hydrogen-bond acceptors (Lipinski definition) is 6. The van der Waals surface area contributed by atoms with Crippen LogP contribution in [0.15, 0.2) is 12.2 Å². The molecule has 46 heavy (non-hydrogen) atoms. The Morgan fingerprint density at radius 3 is 1.35 bits per heavy atom. The largest absolute Gasteiger partial charge is 0.790 e. The highest BCUT2D eigenvalue weighted by molar-refractivity contribution is 7.43. The van der Waals surface area contributed by atoms with E-state index in [0.29, 0.717) is 6.42 Å². The van der Waals surface area contributed by atoms with Crippen molar-refractivity contribution in [2.45, 2.75) is 219 Å². The zero-order valence-electron chi connectivity index (χ0n) is 30.2. The first-order valence-corrected chi connectivity index (χ1v) is 21.1. The van der Waals surface area contributed by atoms with Crippen molar-refractivity contribution in [1.29, 1.82) is 0 Å². The number of hydrogen-bond donors (Lipinski definition) is 2. The van der Waals surface area contributed by atoms with Crippen LogP contribution < -0.4 is 15.1 Å². The van der Waals surface area contributed by atoms with Gasteiger partial charge in [0.15, 0.2) is 0 Å². The van der Waals surface area contributed by atoms with Crippen LogP contribution in [0.5, 0.6) is 0 Å². The number of allylic oxidation sites excluding steroid dienone is 1. The van der Waals surface area contributed by atoms with Crippen LogP contribution >= 0.6 is 7.82 Å². The molecular formula is C38H74NO6P-2. The molecule has 274 valence electrons. The second kappa shape index (κ2) is 34.2. The summed E-state index contributed by atoms with van der Waals surface area (Å²) in [5.74, 6) is -0.265. The number of unbranched alkanes of at least 4 members (excludes halogenated alkanes) is 27. The fraction of sp³-hybridized carbons (Fsp3) is 0.921. The Hall–Kier alpha value is -0.720. The Morgan fingerprint density at radius 2 is 0.978 bits per heavy atom. The zero-order chi connectivity index (χ0) is 34.0. The van der Waals surface area contributed by atoms with E-state index in [1.807, 2.05) is 6.08 Å². The number of aliphatic hydroxyl groups excluding tert-OH is 1. The van der Waals surface area contributed by atoms with Crippen LogP contribution in [0, 0.1) is 0 Å². The second-order valence-electron chi connectivity index (χ2n) is 13.6. The molecular weight excluding hydrogens is 597 g/mol. The van der Waals surface area contributed by atoms with E-state index < -0.39 is 26.6 Å². The molecule has 0 spiro atoms. The second-order valence-corrected chi connectivity index (χ2v) is 14.7. The van der Waals surface area contributed by atoms with Crippen LogP contribution in [0.4, 0.5) is 0 Å². The highest BCUT2D eigenvalue weighted by Crippen LogP contribution is 2.25. The summed E-state index contributed by atoms with van der Waals surface area (Å²) < 4.78 is 15.4. The minimum absolute atomic E-state index is 0.265. The molecule has 8 heteroatoms. The number of carbonyl (C=O) groups excluding carboxylic acids is 1. The van der Waals surface area contributed by atoms with Crippen molar-refractivity contribution in [2.75, 3.05) is 6.61 Å². The van der Waals surface area contributed by atoms with Gasteiger partial charge in [-0.05, 0) is 19.3 Å². The van der Waals surface area contributed by atoms with Gasteiger partial charge < -0.3 is 29.3 Å². The lowest BCUT2D eigenvalue weighted by atomic mass is 10.0. The number of aliphatic hydroxyl groups is 1. The molecule has 0 fully saturated rings. The summed E-state index contributed by atoms with van der Waals surface area (Å²) in [6, 6.07) is -0.983. The van der Waals surface area contributed by atoms with Gasteiger partial charge in [-0.15, -0.1) is 0 Å². The lowest BCUT2D eigenvalue weighted by Crippen LogP contribution is -2.46. The fourth-order valence-electron chi connectivity index (χ4n) is 5.98. The van der Waals surface area contributed by atoms with E-state index in [1.165, 1.54) is 148 Å². The Balaban J connectivity index is 3.97. The Labute approximate surface area is 284 Å². The summed E-state index contributed by atoms with van der Waals surface area (Å²) in [6.07, 6.45) is 39.0. The predicted molar refractivity (Wildman–Crippen MR) is 190 cm³/mol. The molecule has 0 aliphatic heterocycles. The molecule has 0 heterocycles. The summed E-state index contributed by atoms with van der Waals surface area (Å²) in [7, 11) is -5.21. The molecule has 0 bridgehead atoms. The highest BCUT2D eigenvalue weighted by Gasteiger charge is 2.20. The Bertz CT molecular complexity index is 728. The zero-order valence-corrected chi connectivity index (χ0v) is 31.1. The normalized spacial score (nSPS) is 13.4. The third kappa shape index (κ3) is 34.6. The van der Waals surface area contributed by atoms with E-state index in [2.05, 4.69) is 23.7 Å². The maximum atomic E-state index is 12.5. The van der Waals surface area contributed by atoms with Crippen LogP contribution in [-0.2, 0) is 13.9 Å². The van der Waals surface area contributed by atoms with Crippen molar-refractivity contribution >= 4 is 13.7 Å². The number of carbonyl (C=O) groups is 1. The summed E-state index contributed by atoms with van der Waals surface area (Å²) in [4.78, 5) is 34.5. The predicted octanol–water partition coefficient (Wildman–Crippen LogP) is 9.98. The number of phosphoric acid groups is 1. The fourth-order valence-corrected chi connectivity index (χ4v) is 6.33. The quantitative estimate of drug-likeness (QED) is 0.0388. The molecule has 2 atom stereocenters. The first-order chi connectivity index (χ1) is 22.3. The van der Waals surface area contributed by atoms with E-state index in [-0.39, 0.29) is 5.91 Å². The average Bonchev–Trinajstić information content (AvgIpc) is 3.02. The summed E-state index contributed by atoms with van der Waals surface area (Å²) in [6.45, 7) is 3.94. The molecule has 1 amide bonds. The van der Waals surface area contributed by atoms with Gasteiger partial charge in [-0.1, -0.05) is 193 Å². The minimum Gasteiger partial charge on any atom is -0.790 e. The first-order valence-electron chi connectivity index (χ1n) is 19.6. The number of rotatable bonds is 36. The average molecular weight is 672 g/mol. The van der Waals surface area contributed by atoms with Gasteiger partial charge in [0, 0.05) is 6.42 Å². The molecule has 0 rings (SSSR count). The van der Waals surface area contributed by atoms with Crippen LogP contribution in [0.3, 0.4) is 0 Å². The number of phosphoric ester groups is 1. The van der Waals surface area contributed by atoms with Crippen molar-refractivity contribution in [3.8, 4) is 0 Å². The van der Waals surface area contributed by atoms with Gasteiger partial charge in [0.2, 0.25) is 5.91 Å². The van der Waals surface area contributed by atoms with E-state index in [1.54, 1.807) is 6.08 Å². The van der Waals surface area contributed by atoms with Gasteiger partial charge in [0.05, 0.1) is 26.6 Å². The standard InChI is InChI=1S/C38H76NO6P/c1-3-5-7-9-11-13-15-17-18-19-20-22-24-26-28-30-32-34-38(41)39-36(35-45-46(42,43)44)37(40)33-31-29-27-25-23-21-16-14-12-10-8-6-4-2/h31,33,36-37,40H,3-30,32,34-35H2,1-2H3,(H,39,41)(H2,42,43,44)/p-2/b33-31+/t36-,37+/m0/s1. The van der Waals surface area contributed by atoms with Crippen molar-refractivity contribution in [2.24, 2.45) is 0 Å². The van der Waals surface area contributed by atoms with Crippen LogP contribution in [0.1, 0.15) is 206 Å². The summed E-state index contributed by atoms with van der Waals surface area (Å²) in [5.41, 5.74) is 0. The van der Waals surface area contributed by atoms with E-state index in [0.717, 1.165) is 38.5 Å². The van der Waals surface area contributed by atoms with Crippen molar-refractivity contribution in [3.05, 3.63) is 12.2 Å². The van der Waals surface area contributed by atoms with E-state index in [4.69, 9.17) is 0 Å². The third-order valence-electron chi connectivity index (χ3n) is 8.99. The van der Waals surface area contributed by atoms with Gasteiger partial charge >= 0.3 is 0 Å². The van der Waals surface area contributed by atoms with Crippen molar-refractivity contribution in [3.63, 3.8) is 0 Å². The third-order valence-corrected chi connectivity index (χ3v) is 9.45. The van der Waals surface area contributed by atoms with Crippen LogP contribution in [-0.4, -0.2) is 29.8 Å². The summed E-state index contributed by atoms with van der Waals surface area (Å²) >= 11 is 0. The molecule has 0 unspecified atom stereocenters. The molecule has 0 aromatic rings. The monoisotopic (exact) mass is 672 g/mol. The van der Waals surface area contributed by atoms with Gasteiger partial charge in [0.25, 0.3) is 0 Å². The van der Waals surface area contributed by atoms with Crippen LogP contribution in [0.2, 0.25) is 0 Å². The molecule has 0 aromatic carbocycles. The van der Waals surface area contributed by atoms with Crippen molar-refractivity contribution in [1.82, 2.24) is 5.32 Å². The van der Waals surface area contributed by atoms with Gasteiger partial charge in [-0.2, -0.15) is 0 Å². The lowest BCUT2D eigenvalue weighted by molar-refractivity contribution is -0.342. The highest BCUT2D eigenvalue weighted by atomic mass is 31.2.